The third-order valence-corrected chi connectivity index (χ3v) is 14.8. The predicted molar refractivity (Wildman–Crippen MR) is 272 cm³/mol. The van der Waals surface area contributed by atoms with Crippen molar-refractivity contribution >= 4 is 40.1 Å². The molecule has 2 atom stereocenters. The molecular formula is C53H51F8N11O2S2. The summed E-state index contributed by atoms with van der Waals surface area (Å²) in [5.41, 5.74) is 0.0172. The first-order valence-electron chi connectivity index (χ1n) is 23.6. The molecule has 2 aliphatic rings. The fraction of sp³-hybridized carbons (Fsp3) is 0.340. The van der Waals surface area contributed by atoms with Crippen molar-refractivity contribution in [2.75, 3.05) is 54.4 Å². The molecule has 13 nitrogen and oxygen atoms in total. The monoisotopic (exact) mass is 1090 g/mol. The number of amides is 2. The molecule has 398 valence electrons. The second-order valence-corrected chi connectivity index (χ2v) is 20.8. The van der Waals surface area contributed by atoms with E-state index in [1.807, 2.05) is 38.0 Å². The Kier molecular flexibility index (Phi) is 17.3. The number of aryl methyl sites for hydroxylation is 1. The van der Waals surface area contributed by atoms with Crippen LogP contribution in [0.1, 0.15) is 85.8 Å². The topological polar surface area (TPSA) is 143 Å². The number of hydrogen-bond acceptors (Lipinski definition) is 11. The van der Waals surface area contributed by atoms with Crippen LogP contribution in [-0.2, 0) is 41.6 Å². The highest BCUT2D eigenvalue weighted by Gasteiger charge is 2.41. The molecule has 2 aliphatic heterocycles. The molecule has 5 aromatic heterocycles. The summed E-state index contributed by atoms with van der Waals surface area (Å²) in [6.07, 6.45) is 0.684. The van der Waals surface area contributed by atoms with Gasteiger partial charge in [-0.15, -0.1) is 22.7 Å². The summed E-state index contributed by atoms with van der Waals surface area (Å²) in [6, 6.07) is 14.1. The van der Waals surface area contributed by atoms with E-state index >= 15 is 0 Å². The second kappa shape index (κ2) is 23.3. The normalized spacial score (nSPS) is 16.1. The summed E-state index contributed by atoms with van der Waals surface area (Å²) in [7, 11) is 7.53. The number of nitrogens with zero attached hydrogens (tertiary/aromatic N) is 11. The molecule has 0 N–H and O–H groups in total. The SMILES string of the molecule is CCn1cc(/C(C)=C(/C)[C@@H]2CN(C(=O)/C=C/CN(C)C)Cc3sc(C#N)cc32)c(C(F)(F)F)n1.CN(C)C/C=C/C(=O)N1Cc2sc(C#N)cc2[C@H](c2ccccc2-c2cn(-c3c(F)cncc3F)nc2C(F)(F)F)C1. The molecular weight excluding hydrogens is 1040 g/mol. The van der Waals surface area contributed by atoms with Gasteiger partial charge in [-0.25, -0.2) is 13.5 Å². The molecule has 0 saturated carbocycles. The van der Waals surface area contributed by atoms with Crippen molar-refractivity contribution < 1.29 is 44.7 Å². The zero-order chi connectivity index (χ0) is 55.4. The molecule has 1 aromatic carbocycles. The first-order valence-corrected chi connectivity index (χ1v) is 25.2. The van der Waals surface area contributed by atoms with Crippen LogP contribution in [0.3, 0.4) is 0 Å². The predicted octanol–water partition coefficient (Wildman–Crippen LogP) is 10.6. The minimum absolute atomic E-state index is 0.0402. The minimum atomic E-state index is -4.96. The summed E-state index contributed by atoms with van der Waals surface area (Å²) in [6.45, 7) is 7.76. The lowest BCUT2D eigenvalue weighted by Crippen LogP contribution is -2.37. The molecule has 76 heavy (non-hydrogen) atoms. The Hall–Kier alpha value is -7.31. The smallest absolute Gasteiger partial charge is 0.333 e. The molecule has 6 aromatic rings. The minimum Gasteiger partial charge on any atom is -0.333 e. The number of carbonyl (C=O) groups is 2. The van der Waals surface area contributed by atoms with Crippen LogP contribution < -0.4 is 0 Å². The summed E-state index contributed by atoms with van der Waals surface area (Å²) in [5, 5.41) is 26.3. The molecule has 7 heterocycles. The van der Waals surface area contributed by atoms with E-state index in [-0.39, 0.29) is 47.5 Å². The first kappa shape index (κ1) is 56.4. The molecule has 2 amide bonds. The Morgan fingerprint density at radius 1 is 0.750 bits per heavy atom. The van der Waals surface area contributed by atoms with E-state index in [1.54, 1.807) is 73.1 Å². The van der Waals surface area contributed by atoms with Gasteiger partial charge in [-0.1, -0.05) is 42.0 Å². The molecule has 0 spiro atoms. The number of aromatic nitrogens is 5. The number of carbonyl (C=O) groups excluding carboxylic acids is 2. The van der Waals surface area contributed by atoms with Crippen LogP contribution >= 0.6 is 22.7 Å². The first-order chi connectivity index (χ1) is 35.9. The number of benzene rings is 1. The van der Waals surface area contributed by atoms with E-state index in [0.29, 0.717) is 70.7 Å². The van der Waals surface area contributed by atoms with E-state index in [2.05, 4.69) is 27.3 Å². The Morgan fingerprint density at radius 2 is 1.29 bits per heavy atom. The third kappa shape index (κ3) is 12.5. The number of pyridine rings is 1. The van der Waals surface area contributed by atoms with Gasteiger partial charge in [0.05, 0.1) is 25.5 Å². The van der Waals surface area contributed by atoms with Crippen molar-refractivity contribution in [2.24, 2.45) is 0 Å². The van der Waals surface area contributed by atoms with Crippen LogP contribution in [0.15, 0.2) is 91.1 Å². The average molecular weight is 1090 g/mol. The molecule has 8 rings (SSSR count). The van der Waals surface area contributed by atoms with Crippen molar-refractivity contribution in [3.05, 3.63) is 156 Å². The molecule has 0 unspecified atom stereocenters. The van der Waals surface area contributed by atoms with Crippen LogP contribution in [0.5, 0.6) is 0 Å². The van der Waals surface area contributed by atoms with E-state index in [9.17, 15) is 55.2 Å². The van der Waals surface area contributed by atoms with Gasteiger partial charge in [-0.3, -0.25) is 19.3 Å². The van der Waals surface area contributed by atoms with Crippen molar-refractivity contribution in [2.45, 2.75) is 64.6 Å². The quantitative estimate of drug-likeness (QED) is 0.0864. The maximum absolute atomic E-state index is 14.5. The summed E-state index contributed by atoms with van der Waals surface area (Å²) in [4.78, 5) is 39.1. The Balaban J connectivity index is 0.000000227. The molecule has 0 fully saturated rings. The van der Waals surface area contributed by atoms with Gasteiger partial charge >= 0.3 is 12.4 Å². The van der Waals surface area contributed by atoms with Crippen LogP contribution in [0, 0.1) is 34.3 Å². The lowest BCUT2D eigenvalue weighted by atomic mass is 9.83. The molecule has 23 heteroatoms. The Bertz CT molecular complexity index is 3290. The number of hydrogen-bond donors (Lipinski definition) is 0. The Morgan fingerprint density at radius 3 is 1.83 bits per heavy atom. The molecule has 0 aliphatic carbocycles. The van der Waals surface area contributed by atoms with Crippen molar-refractivity contribution in [1.29, 1.82) is 10.5 Å². The highest BCUT2D eigenvalue weighted by molar-refractivity contribution is 7.13. The number of thiophene rings is 2. The van der Waals surface area contributed by atoms with E-state index in [4.69, 9.17) is 0 Å². The lowest BCUT2D eigenvalue weighted by Gasteiger charge is -2.33. The molecule has 0 radical (unpaired) electrons. The average Bonchev–Trinajstić information content (AvgIpc) is 4.20. The number of alkyl halides is 6. The highest BCUT2D eigenvalue weighted by Crippen LogP contribution is 2.46. The Labute approximate surface area is 441 Å². The maximum Gasteiger partial charge on any atom is 0.435 e. The van der Waals surface area contributed by atoms with Gasteiger partial charge < -0.3 is 19.6 Å². The lowest BCUT2D eigenvalue weighted by molar-refractivity contribution is -0.142. The molecule has 0 bridgehead atoms. The highest BCUT2D eigenvalue weighted by atomic mass is 32.1. The standard InChI is InChI=1S/C29H23F5N6OS.C24H28F3N5OS/c1-38(2)9-5-8-26(41)39-14-21(20-10-17(11-35)42-25(20)16-39)18-6-3-4-7-19(18)22-15-40(37-28(22)29(32,33)34)27-23(30)12-36-13-24(27)31;1-6-32-13-20(23(29-32)24(25,26)27)16(3)15(2)19-12-31(22(33)8-7-9-30(4)5)14-21-18(19)10-17(11-28)34-21/h3-8,10,12-13,15,21H,9,14,16H2,1-2H3;7-8,10,13,19H,6,9,12,14H2,1-5H3/b8-5+;8-7+,16-15-/t21-;19-/m00/s1. The molecule has 0 saturated heterocycles. The van der Waals surface area contributed by atoms with Gasteiger partial charge in [0.1, 0.15) is 27.6 Å². The van der Waals surface area contributed by atoms with Crippen LogP contribution in [0.4, 0.5) is 35.1 Å². The van der Waals surface area contributed by atoms with Gasteiger partial charge in [0.25, 0.3) is 0 Å². The number of nitriles is 2. The van der Waals surface area contributed by atoms with Gasteiger partial charge in [0.15, 0.2) is 23.0 Å². The summed E-state index contributed by atoms with van der Waals surface area (Å²) >= 11 is 2.55. The fourth-order valence-corrected chi connectivity index (χ4v) is 11.0. The number of allylic oxidation sites excluding steroid dienone is 1. The van der Waals surface area contributed by atoms with Gasteiger partial charge in [-0.2, -0.15) is 47.1 Å². The van der Waals surface area contributed by atoms with E-state index < -0.39 is 47.0 Å². The van der Waals surface area contributed by atoms with Crippen LogP contribution in [-0.4, -0.2) is 110 Å². The second-order valence-electron chi connectivity index (χ2n) is 18.5. The van der Waals surface area contributed by atoms with Crippen molar-refractivity contribution in [3.63, 3.8) is 0 Å². The van der Waals surface area contributed by atoms with E-state index in [1.165, 1.54) is 51.8 Å². The van der Waals surface area contributed by atoms with Crippen molar-refractivity contribution in [3.8, 4) is 29.0 Å². The van der Waals surface area contributed by atoms with Gasteiger partial charge in [0.2, 0.25) is 11.8 Å². The number of halogens is 8. The van der Waals surface area contributed by atoms with Crippen LogP contribution in [0.2, 0.25) is 0 Å². The number of rotatable bonds is 12. The third-order valence-electron chi connectivity index (χ3n) is 12.8. The summed E-state index contributed by atoms with van der Waals surface area (Å²) < 4.78 is 115. The van der Waals surface area contributed by atoms with Gasteiger partial charge in [-0.05, 0) is 88.9 Å². The fourth-order valence-electron chi connectivity index (χ4n) is 8.96. The number of fused-ring (bicyclic) bond motifs is 2. The maximum atomic E-state index is 14.5. The summed E-state index contributed by atoms with van der Waals surface area (Å²) in [5.74, 6) is -3.70. The van der Waals surface area contributed by atoms with E-state index in [0.717, 1.165) is 32.7 Å². The zero-order valence-electron chi connectivity index (χ0n) is 42.3. The van der Waals surface area contributed by atoms with Crippen molar-refractivity contribution in [1.82, 2.24) is 44.1 Å². The van der Waals surface area contributed by atoms with Gasteiger partial charge in [0, 0.05) is 90.0 Å². The largest absolute Gasteiger partial charge is 0.435 e. The van der Waals surface area contributed by atoms with Crippen LogP contribution in [0.25, 0.3) is 22.4 Å². The number of likely N-dealkylation sites (N-methyl/N-ethyl adjacent to an activating group) is 2. The zero-order valence-corrected chi connectivity index (χ0v) is 43.9.